The standard InChI is InChI=1S/C18H20FN7O/c1-27-15-9-26-17(25-16(15)10-2-3-10)11(6-22-26)13-4-5-21-18(23-13)24-14-8-20-7-12(14)19/h4-6,9-10,12,14,20H,2-3,7-8H2,1H3,(H,21,23,24)/t12-,14-/m0/s1. The van der Waals surface area contributed by atoms with Crippen molar-refractivity contribution >= 4 is 11.6 Å². The van der Waals surface area contributed by atoms with E-state index in [1.165, 1.54) is 0 Å². The molecule has 2 aliphatic rings. The first kappa shape index (κ1) is 16.4. The highest BCUT2D eigenvalue weighted by atomic mass is 19.1. The van der Waals surface area contributed by atoms with Crippen molar-refractivity contribution in [2.24, 2.45) is 0 Å². The molecule has 0 radical (unpaired) electrons. The van der Waals surface area contributed by atoms with Crippen LogP contribution in [0.1, 0.15) is 24.5 Å². The Morgan fingerprint density at radius 2 is 2.19 bits per heavy atom. The number of nitrogens with one attached hydrogen (secondary N) is 2. The van der Waals surface area contributed by atoms with E-state index in [1.54, 1.807) is 24.0 Å². The van der Waals surface area contributed by atoms with Crippen molar-refractivity contribution < 1.29 is 9.13 Å². The van der Waals surface area contributed by atoms with Crippen LogP contribution in [-0.2, 0) is 0 Å². The number of ether oxygens (including phenoxy) is 1. The smallest absolute Gasteiger partial charge is 0.223 e. The Bertz CT molecular complexity index is 987. The van der Waals surface area contributed by atoms with Gasteiger partial charge in [0, 0.05) is 25.2 Å². The van der Waals surface area contributed by atoms with E-state index >= 15 is 0 Å². The number of nitrogens with zero attached hydrogens (tertiary/aromatic N) is 5. The van der Waals surface area contributed by atoms with Crippen LogP contribution in [0.5, 0.6) is 5.75 Å². The molecule has 1 saturated heterocycles. The van der Waals surface area contributed by atoms with Crippen LogP contribution in [0.3, 0.4) is 0 Å². The lowest BCUT2D eigenvalue weighted by molar-refractivity contribution is 0.342. The molecule has 0 unspecified atom stereocenters. The normalized spacial score (nSPS) is 22.3. The third-order valence-electron chi connectivity index (χ3n) is 5.06. The minimum absolute atomic E-state index is 0.326. The van der Waals surface area contributed by atoms with E-state index in [1.807, 2.05) is 12.3 Å². The molecule has 5 rings (SSSR count). The van der Waals surface area contributed by atoms with Crippen LogP contribution in [0.15, 0.2) is 24.7 Å². The second-order valence-corrected chi connectivity index (χ2v) is 6.99. The third kappa shape index (κ3) is 2.97. The summed E-state index contributed by atoms with van der Waals surface area (Å²) >= 11 is 0. The maximum absolute atomic E-state index is 13.8. The van der Waals surface area contributed by atoms with Crippen LogP contribution in [0, 0.1) is 0 Å². The van der Waals surface area contributed by atoms with Crippen molar-refractivity contribution in [3.05, 3.63) is 30.4 Å². The number of alkyl halides is 1. The molecule has 27 heavy (non-hydrogen) atoms. The van der Waals surface area contributed by atoms with Gasteiger partial charge >= 0.3 is 0 Å². The minimum Gasteiger partial charge on any atom is -0.493 e. The van der Waals surface area contributed by atoms with Gasteiger partial charge in [-0.05, 0) is 18.9 Å². The summed E-state index contributed by atoms with van der Waals surface area (Å²) in [6, 6.07) is 1.48. The SMILES string of the molecule is COc1cn2ncc(-c3ccnc(N[C@H]4CNC[C@@H]4F)n3)c2nc1C1CC1. The van der Waals surface area contributed by atoms with Crippen LogP contribution in [0.4, 0.5) is 10.3 Å². The summed E-state index contributed by atoms with van der Waals surface area (Å²) in [5, 5.41) is 10.5. The van der Waals surface area contributed by atoms with Crippen molar-refractivity contribution in [1.29, 1.82) is 0 Å². The van der Waals surface area contributed by atoms with E-state index in [0.717, 1.165) is 35.5 Å². The fourth-order valence-corrected chi connectivity index (χ4v) is 3.43. The first-order valence-electron chi connectivity index (χ1n) is 9.10. The average Bonchev–Trinajstić information content (AvgIpc) is 3.34. The van der Waals surface area contributed by atoms with Crippen molar-refractivity contribution in [2.45, 2.75) is 31.0 Å². The molecule has 1 aliphatic carbocycles. The van der Waals surface area contributed by atoms with Crippen molar-refractivity contribution in [3.63, 3.8) is 0 Å². The lowest BCUT2D eigenvalue weighted by Crippen LogP contribution is -2.30. The van der Waals surface area contributed by atoms with E-state index in [-0.39, 0.29) is 6.04 Å². The number of rotatable bonds is 5. The molecule has 1 saturated carbocycles. The van der Waals surface area contributed by atoms with E-state index in [2.05, 4.69) is 25.7 Å². The summed E-state index contributed by atoms with van der Waals surface area (Å²) < 4.78 is 21.0. The van der Waals surface area contributed by atoms with E-state index in [0.29, 0.717) is 30.6 Å². The molecule has 0 aromatic carbocycles. The second kappa shape index (κ2) is 6.41. The number of anilines is 1. The molecule has 0 spiro atoms. The van der Waals surface area contributed by atoms with Gasteiger partial charge in [0.1, 0.15) is 6.17 Å². The van der Waals surface area contributed by atoms with E-state index in [9.17, 15) is 4.39 Å². The monoisotopic (exact) mass is 369 g/mol. The topological polar surface area (TPSA) is 89.3 Å². The molecule has 9 heteroatoms. The minimum atomic E-state index is -0.954. The number of fused-ring (bicyclic) bond motifs is 1. The van der Waals surface area contributed by atoms with Gasteiger partial charge in [-0.3, -0.25) is 0 Å². The van der Waals surface area contributed by atoms with Crippen LogP contribution >= 0.6 is 0 Å². The van der Waals surface area contributed by atoms with Gasteiger partial charge in [-0.25, -0.2) is 23.9 Å². The number of aromatic nitrogens is 5. The summed E-state index contributed by atoms with van der Waals surface area (Å²) in [6.45, 7) is 0.901. The van der Waals surface area contributed by atoms with Crippen molar-refractivity contribution in [3.8, 4) is 17.0 Å². The number of halogens is 1. The Hall–Kier alpha value is -2.81. The summed E-state index contributed by atoms with van der Waals surface area (Å²) in [5.74, 6) is 1.61. The van der Waals surface area contributed by atoms with Crippen LogP contribution in [0.2, 0.25) is 0 Å². The second-order valence-electron chi connectivity index (χ2n) is 6.99. The average molecular weight is 369 g/mol. The molecule has 8 nitrogen and oxygen atoms in total. The number of methoxy groups -OCH3 is 1. The van der Waals surface area contributed by atoms with Gasteiger partial charge in [-0.15, -0.1) is 0 Å². The van der Waals surface area contributed by atoms with Gasteiger partial charge < -0.3 is 15.4 Å². The fraction of sp³-hybridized carbons (Fsp3) is 0.444. The Kier molecular flexibility index (Phi) is 3.89. The fourth-order valence-electron chi connectivity index (χ4n) is 3.43. The Labute approximate surface area is 155 Å². The molecule has 0 amide bonds. The predicted molar refractivity (Wildman–Crippen MR) is 97.7 cm³/mol. The molecule has 2 atom stereocenters. The van der Waals surface area contributed by atoms with Gasteiger partial charge in [0.15, 0.2) is 11.4 Å². The Morgan fingerprint density at radius 3 is 2.93 bits per heavy atom. The van der Waals surface area contributed by atoms with E-state index in [4.69, 9.17) is 9.72 Å². The van der Waals surface area contributed by atoms with Gasteiger partial charge in [0.2, 0.25) is 5.95 Å². The largest absolute Gasteiger partial charge is 0.493 e. The quantitative estimate of drug-likeness (QED) is 0.709. The highest BCUT2D eigenvalue weighted by molar-refractivity contribution is 5.75. The zero-order valence-electron chi connectivity index (χ0n) is 14.9. The highest BCUT2D eigenvalue weighted by Crippen LogP contribution is 2.43. The summed E-state index contributed by atoms with van der Waals surface area (Å²) in [4.78, 5) is 13.6. The molecule has 2 N–H and O–H groups in total. The molecule has 2 fully saturated rings. The zero-order chi connectivity index (χ0) is 18.4. The van der Waals surface area contributed by atoms with Crippen molar-refractivity contribution in [2.75, 3.05) is 25.5 Å². The molecule has 4 heterocycles. The highest BCUT2D eigenvalue weighted by Gasteiger charge is 2.30. The predicted octanol–water partition coefficient (Wildman–Crippen LogP) is 1.79. The number of hydrogen-bond acceptors (Lipinski definition) is 7. The molecule has 3 aromatic heterocycles. The third-order valence-corrected chi connectivity index (χ3v) is 5.06. The zero-order valence-corrected chi connectivity index (χ0v) is 14.9. The first-order valence-corrected chi connectivity index (χ1v) is 9.10. The first-order chi connectivity index (χ1) is 13.2. The lowest BCUT2D eigenvalue weighted by Gasteiger charge is -2.14. The van der Waals surface area contributed by atoms with Gasteiger partial charge in [-0.1, -0.05) is 0 Å². The van der Waals surface area contributed by atoms with Crippen LogP contribution in [-0.4, -0.2) is 57.0 Å². The number of hydrogen-bond donors (Lipinski definition) is 2. The van der Waals surface area contributed by atoms with Gasteiger partial charge in [0.05, 0.1) is 42.5 Å². The Morgan fingerprint density at radius 1 is 1.30 bits per heavy atom. The summed E-state index contributed by atoms with van der Waals surface area (Å²) in [5.41, 5.74) is 3.21. The van der Waals surface area contributed by atoms with Crippen LogP contribution < -0.4 is 15.4 Å². The molecular weight excluding hydrogens is 349 g/mol. The van der Waals surface area contributed by atoms with Gasteiger partial charge in [-0.2, -0.15) is 5.10 Å². The molecule has 0 bridgehead atoms. The van der Waals surface area contributed by atoms with Crippen LogP contribution in [0.25, 0.3) is 16.9 Å². The van der Waals surface area contributed by atoms with E-state index < -0.39 is 6.17 Å². The summed E-state index contributed by atoms with van der Waals surface area (Å²) in [6.07, 6.45) is 6.56. The maximum atomic E-state index is 13.8. The lowest BCUT2D eigenvalue weighted by atomic mass is 10.2. The molecule has 1 aliphatic heterocycles. The summed E-state index contributed by atoms with van der Waals surface area (Å²) in [7, 11) is 1.65. The molecule has 140 valence electrons. The van der Waals surface area contributed by atoms with Gasteiger partial charge in [0.25, 0.3) is 0 Å². The van der Waals surface area contributed by atoms with Crippen molar-refractivity contribution in [1.82, 2.24) is 29.9 Å². The molecular formula is C18H20FN7O. The maximum Gasteiger partial charge on any atom is 0.223 e. The Balaban J connectivity index is 1.51. The molecule has 3 aromatic rings.